The highest BCUT2D eigenvalue weighted by Gasteiger charge is 2.17. The molecule has 0 aliphatic rings. The third-order valence-electron chi connectivity index (χ3n) is 4.86. The van der Waals surface area contributed by atoms with Gasteiger partial charge in [-0.15, -0.1) is 0 Å². The zero-order valence-corrected chi connectivity index (χ0v) is 21.3. The maximum Gasteiger partial charge on any atom is 0.289 e. The number of rotatable bonds is 9. The van der Waals surface area contributed by atoms with Gasteiger partial charge in [0.05, 0.1) is 21.4 Å². The molecule has 0 aliphatic heterocycles. The van der Waals surface area contributed by atoms with Gasteiger partial charge < -0.3 is 14.8 Å². The fourth-order valence-corrected chi connectivity index (χ4v) is 3.84. The van der Waals surface area contributed by atoms with Gasteiger partial charge in [-0.2, -0.15) is 5.26 Å². The van der Waals surface area contributed by atoms with Crippen LogP contribution in [0.5, 0.6) is 11.5 Å². The van der Waals surface area contributed by atoms with E-state index in [0.717, 1.165) is 6.07 Å². The van der Waals surface area contributed by atoms with E-state index in [-0.39, 0.29) is 34.3 Å². The lowest BCUT2D eigenvalue weighted by molar-refractivity contribution is -0.385. The number of nitrogens with zero attached hydrogens (tertiary/aromatic N) is 3. The summed E-state index contributed by atoms with van der Waals surface area (Å²) in [6, 6.07) is 14.6. The minimum Gasteiger partial charge on any atom is -0.493 e. The number of benzene rings is 3. The molecule has 13 heteroatoms. The number of nitro groups is 2. The fourth-order valence-electron chi connectivity index (χ4n) is 3.08. The number of ether oxygens (including phenoxy) is 2. The molecule has 1 amide bonds. The second-order valence-corrected chi connectivity index (χ2v) is 8.56. The average Bonchev–Trinajstić information content (AvgIpc) is 2.87. The first-order valence-electron chi connectivity index (χ1n) is 10.2. The molecule has 188 valence electrons. The molecule has 11 nitrogen and oxygen atoms in total. The van der Waals surface area contributed by atoms with Gasteiger partial charge in [0.15, 0.2) is 11.5 Å². The van der Waals surface area contributed by atoms with Crippen LogP contribution in [0, 0.1) is 31.6 Å². The molecule has 3 aromatic carbocycles. The van der Waals surface area contributed by atoms with Gasteiger partial charge in [0.25, 0.3) is 17.3 Å². The first-order chi connectivity index (χ1) is 17.6. The summed E-state index contributed by atoms with van der Waals surface area (Å²) < 4.78 is 11.7. The Hall–Kier alpha value is -4.47. The predicted molar refractivity (Wildman–Crippen MR) is 138 cm³/mol. The summed E-state index contributed by atoms with van der Waals surface area (Å²) in [6.45, 7) is 0.0984. The molecule has 0 spiro atoms. The molecular weight excluding hydrogens is 572 g/mol. The lowest BCUT2D eigenvalue weighted by atomic mass is 10.1. The first-order valence-corrected chi connectivity index (χ1v) is 11.4. The predicted octanol–water partition coefficient (Wildman–Crippen LogP) is 6.05. The largest absolute Gasteiger partial charge is 0.493 e. The highest BCUT2D eigenvalue weighted by Crippen LogP contribution is 2.38. The van der Waals surface area contributed by atoms with Gasteiger partial charge in [-0.25, -0.2) is 0 Å². The first kappa shape index (κ1) is 27.1. The van der Waals surface area contributed by atoms with Crippen molar-refractivity contribution in [3.05, 3.63) is 101 Å². The van der Waals surface area contributed by atoms with Crippen LogP contribution in [0.3, 0.4) is 0 Å². The molecule has 3 aromatic rings. The smallest absolute Gasteiger partial charge is 0.289 e. The highest BCUT2D eigenvalue weighted by molar-refractivity contribution is 9.10. The third-order valence-corrected chi connectivity index (χ3v) is 5.77. The topological polar surface area (TPSA) is 158 Å². The molecule has 0 aromatic heterocycles. The van der Waals surface area contributed by atoms with Crippen molar-refractivity contribution in [1.29, 1.82) is 5.26 Å². The van der Waals surface area contributed by atoms with E-state index in [0.29, 0.717) is 27.1 Å². The zero-order valence-electron chi connectivity index (χ0n) is 18.9. The van der Waals surface area contributed by atoms with Crippen molar-refractivity contribution in [1.82, 2.24) is 0 Å². The van der Waals surface area contributed by atoms with Crippen LogP contribution in [-0.4, -0.2) is 22.9 Å². The molecule has 1 N–H and O–H groups in total. The SMILES string of the molecule is COc1cc(/C=C(\C#N)C(=O)Nc2ccc(Cl)c([N+](=O)[O-])c2)cc(Br)c1OCc1ccc([N+](=O)[O-])cc1. The van der Waals surface area contributed by atoms with Crippen molar-refractivity contribution in [2.24, 2.45) is 0 Å². The quantitative estimate of drug-likeness (QED) is 0.137. The molecule has 0 fully saturated rings. The number of nitro benzene ring substituents is 2. The van der Waals surface area contributed by atoms with E-state index in [1.165, 1.54) is 37.5 Å². The summed E-state index contributed by atoms with van der Waals surface area (Å²) in [7, 11) is 1.42. The summed E-state index contributed by atoms with van der Waals surface area (Å²) >= 11 is 9.18. The molecule has 0 radical (unpaired) electrons. The van der Waals surface area contributed by atoms with Crippen molar-refractivity contribution in [3.8, 4) is 17.6 Å². The molecule has 0 saturated heterocycles. The Kier molecular flexibility index (Phi) is 8.78. The van der Waals surface area contributed by atoms with Crippen molar-refractivity contribution in [2.75, 3.05) is 12.4 Å². The van der Waals surface area contributed by atoms with Gasteiger partial charge in [-0.3, -0.25) is 25.0 Å². The van der Waals surface area contributed by atoms with Crippen LogP contribution in [0.25, 0.3) is 6.08 Å². The van der Waals surface area contributed by atoms with Crippen LogP contribution in [-0.2, 0) is 11.4 Å². The summed E-state index contributed by atoms with van der Waals surface area (Å²) in [5, 5.41) is 33.7. The van der Waals surface area contributed by atoms with E-state index in [1.807, 2.05) is 0 Å². The second-order valence-electron chi connectivity index (χ2n) is 7.29. The molecule has 0 bridgehead atoms. The monoisotopic (exact) mass is 586 g/mol. The van der Waals surface area contributed by atoms with Gasteiger partial charge in [0.1, 0.15) is 23.3 Å². The summed E-state index contributed by atoms with van der Waals surface area (Å²) in [5.74, 6) is -0.143. The van der Waals surface area contributed by atoms with Gasteiger partial charge in [-0.05, 0) is 69.5 Å². The number of halogens is 2. The van der Waals surface area contributed by atoms with E-state index in [4.69, 9.17) is 21.1 Å². The van der Waals surface area contributed by atoms with Crippen LogP contribution in [0.2, 0.25) is 5.02 Å². The van der Waals surface area contributed by atoms with E-state index >= 15 is 0 Å². The van der Waals surface area contributed by atoms with Crippen LogP contribution >= 0.6 is 27.5 Å². The van der Waals surface area contributed by atoms with Gasteiger partial charge in [0.2, 0.25) is 0 Å². The fraction of sp³-hybridized carbons (Fsp3) is 0.0833. The standard InChI is InChI=1S/C24H16BrClN4O7/c1-36-22-10-15(9-19(25)23(22)37-13-14-2-5-18(6-3-14)29(32)33)8-16(12-27)24(31)28-17-4-7-20(26)21(11-17)30(34)35/h2-11H,13H2,1H3,(H,28,31)/b16-8+. The number of hydrogen-bond donors (Lipinski definition) is 1. The zero-order chi connectivity index (χ0) is 27.1. The number of carbonyl (C=O) groups excluding carboxylic acids is 1. The Bertz CT molecular complexity index is 1450. The number of hydrogen-bond acceptors (Lipinski definition) is 8. The minimum atomic E-state index is -0.785. The third kappa shape index (κ3) is 6.81. The Balaban J connectivity index is 1.80. The number of carbonyl (C=O) groups is 1. The van der Waals surface area contributed by atoms with E-state index in [1.54, 1.807) is 30.3 Å². The molecular formula is C24H16BrClN4O7. The minimum absolute atomic E-state index is 0.0368. The van der Waals surface area contributed by atoms with Crippen molar-refractivity contribution >= 4 is 56.6 Å². The van der Waals surface area contributed by atoms with Crippen LogP contribution in [0.4, 0.5) is 17.1 Å². The van der Waals surface area contributed by atoms with Gasteiger partial charge >= 0.3 is 0 Å². The molecule has 37 heavy (non-hydrogen) atoms. The normalized spacial score (nSPS) is 10.8. The van der Waals surface area contributed by atoms with Crippen molar-refractivity contribution < 1.29 is 24.1 Å². The van der Waals surface area contributed by atoms with Crippen molar-refractivity contribution in [3.63, 3.8) is 0 Å². The lowest BCUT2D eigenvalue weighted by Gasteiger charge is -2.14. The number of non-ortho nitro benzene ring substituents is 1. The summed E-state index contributed by atoms with van der Waals surface area (Å²) in [6.07, 6.45) is 1.31. The number of amides is 1. The molecule has 0 heterocycles. The number of nitriles is 1. The molecule has 3 rings (SSSR count). The van der Waals surface area contributed by atoms with Gasteiger partial charge in [-0.1, -0.05) is 11.6 Å². The Morgan fingerprint density at radius 3 is 2.43 bits per heavy atom. The van der Waals surface area contributed by atoms with Crippen LogP contribution in [0.15, 0.2) is 64.6 Å². The number of methoxy groups -OCH3 is 1. The maximum absolute atomic E-state index is 12.6. The number of nitrogens with one attached hydrogen (secondary N) is 1. The Morgan fingerprint density at radius 1 is 1.14 bits per heavy atom. The van der Waals surface area contributed by atoms with Crippen molar-refractivity contribution in [2.45, 2.75) is 6.61 Å². The Morgan fingerprint density at radius 2 is 1.84 bits per heavy atom. The average molecular weight is 588 g/mol. The van der Waals surface area contributed by atoms with Crippen LogP contribution in [0.1, 0.15) is 11.1 Å². The number of anilines is 1. The molecule has 0 aliphatic carbocycles. The molecule has 0 atom stereocenters. The van der Waals surface area contributed by atoms with E-state index < -0.39 is 15.8 Å². The summed E-state index contributed by atoms with van der Waals surface area (Å²) in [4.78, 5) is 33.3. The van der Waals surface area contributed by atoms with Gasteiger partial charge in [0, 0.05) is 23.9 Å². The van der Waals surface area contributed by atoms with E-state index in [2.05, 4.69) is 21.2 Å². The van der Waals surface area contributed by atoms with Crippen LogP contribution < -0.4 is 14.8 Å². The summed E-state index contributed by atoms with van der Waals surface area (Å²) in [5.41, 5.74) is 0.516. The molecule has 0 saturated carbocycles. The molecule has 0 unspecified atom stereocenters. The lowest BCUT2D eigenvalue weighted by Crippen LogP contribution is -2.13. The maximum atomic E-state index is 12.6. The van der Waals surface area contributed by atoms with E-state index in [9.17, 15) is 30.3 Å². The highest BCUT2D eigenvalue weighted by atomic mass is 79.9. The second kappa shape index (κ2) is 12.0. The Labute approximate surface area is 223 Å².